The number of rotatable bonds is 6. The maximum absolute atomic E-state index is 6.32. The number of nitrogens with zero attached hydrogens (tertiary/aromatic N) is 3. The van der Waals surface area contributed by atoms with E-state index >= 15 is 0 Å². The molecule has 0 spiro atoms. The Morgan fingerprint density at radius 2 is 1.79 bits per heavy atom. The Balaban J connectivity index is 1.61. The summed E-state index contributed by atoms with van der Waals surface area (Å²) in [6.07, 6.45) is 3.98. The van der Waals surface area contributed by atoms with Gasteiger partial charge in [0.05, 0.1) is 17.8 Å². The van der Waals surface area contributed by atoms with Crippen LogP contribution in [0.3, 0.4) is 0 Å². The van der Waals surface area contributed by atoms with Crippen LogP contribution in [-0.4, -0.2) is 20.8 Å². The molecular formula is C27H25ClN4OS. The maximum Gasteiger partial charge on any atom is 0.174 e. The summed E-state index contributed by atoms with van der Waals surface area (Å²) in [7, 11) is 0. The van der Waals surface area contributed by atoms with Crippen LogP contribution in [-0.2, 0) is 0 Å². The van der Waals surface area contributed by atoms with Crippen molar-refractivity contribution < 1.29 is 4.74 Å². The van der Waals surface area contributed by atoms with Crippen molar-refractivity contribution in [3.8, 4) is 11.4 Å². The molecule has 4 aromatic rings. The standard InChI is InChI=1S/C27H25ClN4OS/c1-18(2)33-22-13-11-20(12-14-22)32-26(25(30-27(32)34)23-9-3-4-15-29-23)24-10-6-16-31(24)21-8-5-7-19(28)17-21/h3-18,25-26H,1-2H3,(H,30,34)/t25-,26+/m0/s1. The SMILES string of the molecule is CC(C)Oc1ccc(N2C(=S)N[C@@H](c3ccccn3)[C@H]2c2cccn2-c2cccc(Cl)c2)cc1. The second-order valence-electron chi connectivity index (χ2n) is 8.44. The van der Waals surface area contributed by atoms with Crippen molar-refractivity contribution in [1.29, 1.82) is 0 Å². The van der Waals surface area contributed by atoms with Gasteiger partial charge in [0.2, 0.25) is 0 Å². The van der Waals surface area contributed by atoms with Crippen LogP contribution in [0.5, 0.6) is 5.75 Å². The first-order valence-corrected chi connectivity index (χ1v) is 12.0. The van der Waals surface area contributed by atoms with E-state index in [0.717, 1.165) is 28.5 Å². The molecule has 0 amide bonds. The van der Waals surface area contributed by atoms with Crippen LogP contribution in [0, 0.1) is 0 Å². The van der Waals surface area contributed by atoms with Gasteiger partial charge in [-0.2, -0.15) is 0 Å². The summed E-state index contributed by atoms with van der Waals surface area (Å²) in [5.74, 6) is 0.831. The van der Waals surface area contributed by atoms with Gasteiger partial charge in [-0.25, -0.2) is 0 Å². The summed E-state index contributed by atoms with van der Waals surface area (Å²) in [6, 6.07) is 25.8. The average molecular weight is 489 g/mol. The zero-order valence-corrected chi connectivity index (χ0v) is 20.5. The Morgan fingerprint density at radius 3 is 2.50 bits per heavy atom. The fourth-order valence-corrected chi connectivity index (χ4v) is 4.92. The molecule has 2 aromatic carbocycles. The van der Waals surface area contributed by atoms with Crippen LogP contribution in [0.25, 0.3) is 5.69 Å². The van der Waals surface area contributed by atoms with Gasteiger partial charge in [-0.05, 0) is 92.8 Å². The van der Waals surface area contributed by atoms with Crippen molar-refractivity contribution >= 4 is 34.6 Å². The number of benzene rings is 2. The van der Waals surface area contributed by atoms with Crippen LogP contribution in [0.1, 0.15) is 37.3 Å². The maximum atomic E-state index is 6.32. The molecule has 34 heavy (non-hydrogen) atoms. The summed E-state index contributed by atoms with van der Waals surface area (Å²) in [4.78, 5) is 6.80. The Hall–Kier alpha value is -3.35. The Labute approximate surface area is 210 Å². The number of hydrogen-bond donors (Lipinski definition) is 1. The highest BCUT2D eigenvalue weighted by atomic mass is 35.5. The van der Waals surface area contributed by atoms with Crippen molar-refractivity contribution in [2.75, 3.05) is 4.90 Å². The lowest BCUT2D eigenvalue weighted by molar-refractivity contribution is 0.242. The minimum absolute atomic E-state index is 0.114. The fraction of sp³-hybridized carbons (Fsp3) is 0.185. The van der Waals surface area contributed by atoms with Crippen molar-refractivity contribution in [3.05, 3.63) is 108 Å². The molecular weight excluding hydrogens is 464 g/mol. The minimum atomic E-state index is -0.131. The first-order chi connectivity index (χ1) is 16.5. The van der Waals surface area contributed by atoms with E-state index in [1.54, 1.807) is 0 Å². The highest BCUT2D eigenvalue weighted by Gasteiger charge is 2.42. The number of thiocarbonyl (C=S) groups is 1. The normalized spacial score (nSPS) is 17.8. The van der Waals surface area contributed by atoms with E-state index in [1.165, 1.54) is 0 Å². The lowest BCUT2D eigenvalue weighted by atomic mass is 10.0. The molecule has 5 rings (SSSR count). The summed E-state index contributed by atoms with van der Waals surface area (Å²) in [5.41, 5.74) is 3.98. The quantitative estimate of drug-likeness (QED) is 0.314. The molecule has 1 aliphatic rings. The Morgan fingerprint density at radius 1 is 0.971 bits per heavy atom. The van der Waals surface area contributed by atoms with Gasteiger partial charge in [0, 0.05) is 34.5 Å². The number of ether oxygens (including phenoxy) is 1. The van der Waals surface area contributed by atoms with E-state index in [9.17, 15) is 0 Å². The zero-order chi connectivity index (χ0) is 23.7. The number of hydrogen-bond acceptors (Lipinski definition) is 3. The zero-order valence-electron chi connectivity index (χ0n) is 18.9. The van der Waals surface area contributed by atoms with Gasteiger partial charge in [0.15, 0.2) is 5.11 Å². The Kier molecular flexibility index (Phi) is 6.26. The summed E-state index contributed by atoms with van der Waals surface area (Å²) in [5, 5.41) is 4.86. The fourth-order valence-electron chi connectivity index (χ4n) is 4.39. The monoisotopic (exact) mass is 488 g/mol. The molecule has 2 aromatic heterocycles. The van der Waals surface area contributed by atoms with Crippen LogP contribution in [0.2, 0.25) is 5.02 Å². The molecule has 0 bridgehead atoms. The third-order valence-corrected chi connectivity index (χ3v) is 6.30. The predicted molar refractivity (Wildman–Crippen MR) is 141 cm³/mol. The van der Waals surface area contributed by atoms with Crippen LogP contribution in [0.4, 0.5) is 5.69 Å². The van der Waals surface area contributed by atoms with Crippen molar-refractivity contribution in [2.45, 2.75) is 32.0 Å². The molecule has 1 N–H and O–H groups in total. The van der Waals surface area contributed by atoms with Crippen LogP contribution >= 0.6 is 23.8 Å². The largest absolute Gasteiger partial charge is 0.491 e. The van der Waals surface area contributed by atoms with E-state index < -0.39 is 0 Å². The third kappa shape index (κ3) is 4.39. The first kappa shape index (κ1) is 22.4. The smallest absolute Gasteiger partial charge is 0.174 e. The lowest BCUT2D eigenvalue weighted by Gasteiger charge is -2.29. The molecule has 0 radical (unpaired) electrons. The van der Waals surface area contributed by atoms with Crippen molar-refractivity contribution in [1.82, 2.24) is 14.9 Å². The van der Waals surface area contributed by atoms with Gasteiger partial charge in [0.25, 0.3) is 0 Å². The van der Waals surface area contributed by atoms with Gasteiger partial charge in [-0.3, -0.25) is 4.98 Å². The van der Waals surface area contributed by atoms with Gasteiger partial charge in [-0.1, -0.05) is 23.7 Å². The van der Waals surface area contributed by atoms with Crippen LogP contribution in [0.15, 0.2) is 91.3 Å². The second-order valence-corrected chi connectivity index (χ2v) is 9.26. The molecule has 7 heteroatoms. The number of anilines is 1. The van der Waals surface area contributed by atoms with Crippen molar-refractivity contribution in [2.24, 2.45) is 0 Å². The predicted octanol–water partition coefficient (Wildman–Crippen LogP) is 6.49. The number of pyridine rings is 1. The summed E-state index contributed by atoms with van der Waals surface area (Å²) < 4.78 is 8.00. The van der Waals surface area contributed by atoms with Crippen molar-refractivity contribution in [3.63, 3.8) is 0 Å². The number of halogens is 1. The molecule has 1 fully saturated rings. The molecule has 0 aliphatic carbocycles. The molecule has 1 aliphatic heterocycles. The molecule has 3 heterocycles. The van der Waals surface area contributed by atoms with E-state index in [-0.39, 0.29) is 18.2 Å². The molecule has 1 saturated heterocycles. The first-order valence-electron chi connectivity index (χ1n) is 11.2. The molecule has 0 unspecified atom stereocenters. The molecule has 5 nitrogen and oxygen atoms in total. The van der Waals surface area contributed by atoms with Crippen LogP contribution < -0.4 is 15.0 Å². The lowest BCUT2D eigenvalue weighted by Crippen LogP contribution is -2.30. The van der Waals surface area contributed by atoms with Gasteiger partial charge < -0.3 is 19.5 Å². The van der Waals surface area contributed by atoms with Gasteiger partial charge >= 0.3 is 0 Å². The molecule has 2 atom stereocenters. The second kappa shape index (κ2) is 9.49. The van der Waals surface area contributed by atoms with Gasteiger partial charge in [-0.15, -0.1) is 0 Å². The van der Waals surface area contributed by atoms with E-state index in [1.807, 2.05) is 92.8 Å². The molecule has 172 valence electrons. The number of aromatic nitrogens is 2. The van der Waals surface area contributed by atoms with E-state index in [4.69, 9.17) is 28.6 Å². The summed E-state index contributed by atoms with van der Waals surface area (Å²) in [6.45, 7) is 4.04. The summed E-state index contributed by atoms with van der Waals surface area (Å²) >= 11 is 12.2. The number of nitrogens with one attached hydrogen (secondary N) is 1. The minimum Gasteiger partial charge on any atom is -0.491 e. The molecule has 0 saturated carbocycles. The topological polar surface area (TPSA) is 42.3 Å². The average Bonchev–Trinajstić information content (AvgIpc) is 3.44. The highest BCUT2D eigenvalue weighted by molar-refractivity contribution is 7.80. The Bertz CT molecular complexity index is 1290. The highest BCUT2D eigenvalue weighted by Crippen LogP contribution is 2.42. The van der Waals surface area contributed by atoms with E-state index in [0.29, 0.717) is 10.1 Å². The van der Waals surface area contributed by atoms with E-state index in [2.05, 4.69) is 32.0 Å². The van der Waals surface area contributed by atoms with Gasteiger partial charge in [0.1, 0.15) is 11.8 Å². The third-order valence-electron chi connectivity index (χ3n) is 5.75.